The fraction of sp³-hybridized carbons (Fsp3) is 0.238. The minimum absolute atomic E-state index is 0.246. The van der Waals surface area contributed by atoms with Crippen LogP contribution >= 0.6 is 11.6 Å². The SMILES string of the molecule is CCOC(=O)c1cnc2c(OC)cc(OC)c(Cl)c2c1Nc1cccc(C)c1. The molecule has 2 aromatic carbocycles. The smallest absolute Gasteiger partial charge is 0.341 e. The summed E-state index contributed by atoms with van der Waals surface area (Å²) in [6, 6.07) is 9.44. The van der Waals surface area contributed by atoms with Crippen LogP contribution in [0.5, 0.6) is 11.5 Å². The van der Waals surface area contributed by atoms with Gasteiger partial charge in [0.15, 0.2) is 0 Å². The Balaban J connectivity index is 2.33. The summed E-state index contributed by atoms with van der Waals surface area (Å²) < 4.78 is 16.0. The van der Waals surface area contributed by atoms with Crippen molar-refractivity contribution in [3.05, 3.63) is 52.7 Å². The molecule has 3 aromatic rings. The number of aryl methyl sites for hydroxylation is 1. The van der Waals surface area contributed by atoms with Crippen LogP contribution in [-0.2, 0) is 4.74 Å². The van der Waals surface area contributed by atoms with Gasteiger partial charge in [-0.15, -0.1) is 0 Å². The number of ether oxygens (including phenoxy) is 3. The number of benzene rings is 2. The van der Waals surface area contributed by atoms with E-state index in [1.807, 2.05) is 31.2 Å². The van der Waals surface area contributed by atoms with Crippen molar-refractivity contribution in [2.45, 2.75) is 13.8 Å². The first kappa shape index (κ1) is 19.8. The third-order valence-electron chi connectivity index (χ3n) is 4.23. The number of esters is 1. The molecule has 0 spiro atoms. The second kappa shape index (κ2) is 8.35. The fourth-order valence-corrected chi connectivity index (χ4v) is 3.27. The zero-order chi connectivity index (χ0) is 20.3. The molecule has 0 bridgehead atoms. The number of methoxy groups -OCH3 is 2. The number of anilines is 2. The highest BCUT2D eigenvalue weighted by Crippen LogP contribution is 2.43. The molecule has 0 radical (unpaired) electrons. The second-order valence-corrected chi connectivity index (χ2v) is 6.46. The van der Waals surface area contributed by atoms with Crippen molar-refractivity contribution in [2.24, 2.45) is 0 Å². The van der Waals surface area contributed by atoms with Gasteiger partial charge in [-0.1, -0.05) is 23.7 Å². The predicted molar refractivity (Wildman–Crippen MR) is 110 cm³/mol. The van der Waals surface area contributed by atoms with Gasteiger partial charge in [-0.25, -0.2) is 4.79 Å². The number of carbonyl (C=O) groups is 1. The lowest BCUT2D eigenvalue weighted by molar-refractivity contribution is 0.0527. The molecule has 0 unspecified atom stereocenters. The van der Waals surface area contributed by atoms with Crippen LogP contribution in [0.1, 0.15) is 22.8 Å². The van der Waals surface area contributed by atoms with Crippen molar-refractivity contribution < 1.29 is 19.0 Å². The van der Waals surface area contributed by atoms with E-state index in [9.17, 15) is 4.79 Å². The monoisotopic (exact) mass is 400 g/mol. The van der Waals surface area contributed by atoms with Crippen LogP contribution in [0, 0.1) is 6.92 Å². The first-order valence-electron chi connectivity index (χ1n) is 8.74. The molecule has 0 aliphatic carbocycles. The molecule has 1 N–H and O–H groups in total. The average Bonchev–Trinajstić information content (AvgIpc) is 2.68. The van der Waals surface area contributed by atoms with Gasteiger partial charge in [0.05, 0.1) is 36.9 Å². The number of pyridine rings is 1. The summed E-state index contributed by atoms with van der Waals surface area (Å²) in [5, 5.41) is 4.15. The summed E-state index contributed by atoms with van der Waals surface area (Å²) in [6.45, 7) is 3.98. The third kappa shape index (κ3) is 3.68. The molecular weight excluding hydrogens is 380 g/mol. The number of rotatable bonds is 6. The van der Waals surface area contributed by atoms with E-state index in [4.69, 9.17) is 25.8 Å². The lowest BCUT2D eigenvalue weighted by Gasteiger charge is -2.18. The van der Waals surface area contributed by atoms with Crippen LogP contribution in [0.2, 0.25) is 5.02 Å². The molecule has 0 fully saturated rings. The van der Waals surface area contributed by atoms with Crippen LogP contribution in [0.4, 0.5) is 11.4 Å². The van der Waals surface area contributed by atoms with Crippen molar-refractivity contribution >= 4 is 39.8 Å². The molecule has 6 nitrogen and oxygen atoms in total. The molecular formula is C21H21ClN2O4. The first-order valence-corrected chi connectivity index (χ1v) is 9.11. The maximum Gasteiger partial charge on any atom is 0.341 e. The minimum atomic E-state index is -0.495. The maximum absolute atomic E-state index is 12.6. The molecule has 0 aliphatic rings. The number of hydrogen-bond donors (Lipinski definition) is 1. The molecule has 0 atom stereocenters. The summed E-state index contributed by atoms with van der Waals surface area (Å²) in [7, 11) is 3.06. The Morgan fingerprint density at radius 2 is 1.93 bits per heavy atom. The summed E-state index contributed by atoms with van der Waals surface area (Å²) in [5.74, 6) is 0.407. The summed E-state index contributed by atoms with van der Waals surface area (Å²) in [5.41, 5.74) is 3.14. The van der Waals surface area contributed by atoms with Crippen LogP contribution in [0.25, 0.3) is 10.9 Å². The molecule has 3 rings (SSSR count). The van der Waals surface area contributed by atoms with Crippen molar-refractivity contribution in [3.8, 4) is 11.5 Å². The van der Waals surface area contributed by atoms with E-state index in [1.54, 1.807) is 13.0 Å². The van der Waals surface area contributed by atoms with Crippen molar-refractivity contribution in [2.75, 3.05) is 26.1 Å². The normalized spacial score (nSPS) is 10.6. The topological polar surface area (TPSA) is 69.7 Å². The Kier molecular flexibility index (Phi) is 5.90. The Morgan fingerprint density at radius 1 is 1.18 bits per heavy atom. The van der Waals surface area contributed by atoms with Gasteiger partial charge in [-0.2, -0.15) is 0 Å². The van der Waals surface area contributed by atoms with Crippen molar-refractivity contribution in [1.29, 1.82) is 0 Å². The largest absolute Gasteiger partial charge is 0.495 e. The molecule has 1 heterocycles. The standard InChI is InChI=1S/C21H21ClN2O4/c1-5-28-21(25)14-11-23-20-16(27-4)10-15(26-3)18(22)17(20)19(14)24-13-8-6-7-12(2)9-13/h6-11H,5H2,1-4H3,(H,23,24). The van der Waals surface area contributed by atoms with Gasteiger partial charge in [-0.05, 0) is 31.5 Å². The van der Waals surface area contributed by atoms with Gasteiger partial charge >= 0.3 is 5.97 Å². The Morgan fingerprint density at radius 3 is 2.57 bits per heavy atom. The van der Waals surface area contributed by atoms with E-state index in [0.29, 0.717) is 33.1 Å². The third-order valence-corrected chi connectivity index (χ3v) is 4.61. The second-order valence-electron chi connectivity index (χ2n) is 6.08. The zero-order valence-electron chi connectivity index (χ0n) is 16.1. The van der Waals surface area contributed by atoms with E-state index in [1.165, 1.54) is 20.4 Å². The maximum atomic E-state index is 12.6. The van der Waals surface area contributed by atoms with Gasteiger partial charge in [0.25, 0.3) is 0 Å². The zero-order valence-corrected chi connectivity index (χ0v) is 16.9. The Bertz CT molecular complexity index is 1040. The lowest BCUT2D eigenvalue weighted by Crippen LogP contribution is -2.10. The van der Waals surface area contributed by atoms with Crippen LogP contribution < -0.4 is 14.8 Å². The summed E-state index contributed by atoms with van der Waals surface area (Å²) in [6.07, 6.45) is 1.46. The van der Waals surface area contributed by atoms with E-state index >= 15 is 0 Å². The molecule has 146 valence electrons. The number of nitrogens with zero attached hydrogens (tertiary/aromatic N) is 1. The number of aromatic nitrogens is 1. The number of hydrogen-bond acceptors (Lipinski definition) is 6. The van der Waals surface area contributed by atoms with Crippen LogP contribution in [0.15, 0.2) is 36.5 Å². The first-order chi connectivity index (χ1) is 13.5. The number of fused-ring (bicyclic) bond motifs is 1. The van der Waals surface area contributed by atoms with Crippen molar-refractivity contribution in [1.82, 2.24) is 4.98 Å². The highest BCUT2D eigenvalue weighted by atomic mass is 35.5. The van der Waals surface area contributed by atoms with E-state index in [-0.39, 0.29) is 12.2 Å². The van der Waals surface area contributed by atoms with E-state index in [2.05, 4.69) is 10.3 Å². The number of halogens is 1. The lowest BCUT2D eigenvalue weighted by atomic mass is 10.1. The van der Waals surface area contributed by atoms with Gasteiger partial charge in [0, 0.05) is 18.0 Å². The van der Waals surface area contributed by atoms with Gasteiger partial charge in [0.2, 0.25) is 0 Å². The predicted octanol–water partition coefficient (Wildman–Crippen LogP) is 5.13. The number of nitrogens with one attached hydrogen (secondary N) is 1. The molecule has 0 saturated heterocycles. The minimum Gasteiger partial charge on any atom is -0.495 e. The highest BCUT2D eigenvalue weighted by Gasteiger charge is 2.23. The molecule has 28 heavy (non-hydrogen) atoms. The van der Waals surface area contributed by atoms with Crippen LogP contribution in [0.3, 0.4) is 0 Å². The summed E-state index contributed by atoms with van der Waals surface area (Å²) >= 11 is 6.61. The quantitative estimate of drug-likeness (QED) is 0.578. The van der Waals surface area contributed by atoms with E-state index < -0.39 is 5.97 Å². The van der Waals surface area contributed by atoms with Gasteiger partial charge in [0.1, 0.15) is 22.6 Å². The summed E-state index contributed by atoms with van der Waals surface area (Å²) in [4.78, 5) is 17.0. The molecule has 0 amide bonds. The average molecular weight is 401 g/mol. The van der Waals surface area contributed by atoms with Crippen molar-refractivity contribution in [3.63, 3.8) is 0 Å². The van der Waals surface area contributed by atoms with Crippen LogP contribution in [-0.4, -0.2) is 31.8 Å². The van der Waals surface area contributed by atoms with E-state index in [0.717, 1.165) is 11.3 Å². The molecule has 1 aromatic heterocycles. The fourth-order valence-electron chi connectivity index (χ4n) is 2.95. The van der Waals surface area contributed by atoms with Gasteiger partial charge < -0.3 is 19.5 Å². The molecule has 7 heteroatoms. The molecule has 0 aliphatic heterocycles. The number of carbonyl (C=O) groups excluding carboxylic acids is 1. The van der Waals surface area contributed by atoms with Gasteiger partial charge in [-0.3, -0.25) is 4.98 Å². The molecule has 0 saturated carbocycles. The Labute approximate surface area is 168 Å². The Hall–Kier alpha value is -2.99. The highest BCUT2D eigenvalue weighted by molar-refractivity contribution is 6.38.